The quantitative estimate of drug-likeness (QED) is 0.413. The Morgan fingerprint density at radius 1 is 0.968 bits per heavy atom. The summed E-state index contributed by atoms with van der Waals surface area (Å²) in [6.45, 7) is -0.195. The molecular formula is C24H17F2NO4. The number of fused-ring (bicyclic) bond motifs is 1. The van der Waals surface area contributed by atoms with Gasteiger partial charge in [-0.3, -0.25) is 9.59 Å². The van der Waals surface area contributed by atoms with Gasteiger partial charge in [0.25, 0.3) is 0 Å². The summed E-state index contributed by atoms with van der Waals surface area (Å²) in [4.78, 5) is 25.6. The second-order valence-electron chi connectivity index (χ2n) is 6.76. The second-order valence-corrected chi connectivity index (χ2v) is 6.76. The summed E-state index contributed by atoms with van der Waals surface area (Å²) in [5.41, 5.74) is 1.20. The van der Waals surface area contributed by atoms with Crippen LogP contribution in [0.15, 0.2) is 71.1 Å². The number of hydrogen-bond acceptors (Lipinski definition) is 5. The summed E-state index contributed by atoms with van der Waals surface area (Å²) in [6.07, 6.45) is 0. The largest absolute Gasteiger partial charge is 0.494 e. The molecule has 7 heteroatoms. The van der Waals surface area contributed by atoms with Gasteiger partial charge in [0.1, 0.15) is 11.4 Å². The molecule has 0 spiro atoms. The number of carbonyl (C=O) groups is 2. The fourth-order valence-corrected chi connectivity index (χ4v) is 3.22. The first-order valence-corrected chi connectivity index (χ1v) is 9.40. The van der Waals surface area contributed by atoms with Crippen molar-refractivity contribution in [3.05, 3.63) is 95.3 Å². The molecule has 1 N–H and O–H groups in total. The van der Waals surface area contributed by atoms with E-state index in [0.29, 0.717) is 16.7 Å². The number of Topliss-reactive ketones (excluding diaryl/α,β-unsaturated/α-hetero) is 1. The summed E-state index contributed by atoms with van der Waals surface area (Å²) in [5.74, 6) is -1.90. The van der Waals surface area contributed by atoms with Crippen molar-refractivity contribution < 1.29 is 27.5 Å². The minimum Gasteiger partial charge on any atom is -0.494 e. The Morgan fingerprint density at radius 3 is 2.39 bits per heavy atom. The normalized spacial score (nSPS) is 10.8. The standard InChI is InChI=1S/C24H17F2NO4/c1-30-21-11-8-15(12-18(21)26)19(28)13-27-22-17-4-2-3-5-20(17)31-24(22)23(29)14-6-9-16(25)10-7-14/h2-12,27H,13H2,1H3. The van der Waals surface area contributed by atoms with Crippen LogP contribution in [0.3, 0.4) is 0 Å². The van der Waals surface area contributed by atoms with Crippen LogP contribution in [0.4, 0.5) is 14.5 Å². The van der Waals surface area contributed by atoms with E-state index in [1.165, 1.54) is 43.5 Å². The van der Waals surface area contributed by atoms with E-state index in [4.69, 9.17) is 9.15 Å². The third-order valence-corrected chi connectivity index (χ3v) is 4.81. The number of halogens is 2. The number of nitrogens with one attached hydrogen (secondary N) is 1. The number of ether oxygens (including phenoxy) is 1. The van der Waals surface area contributed by atoms with Crippen LogP contribution >= 0.6 is 0 Å². The third-order valence-electron chi connectivity index (χ3n) is 4.81. The van der Waals surface area contributed by atoms with Crippen molar-refractivity contribution in [2.45, 2.75) is 0 Å². The van der Waals surface area contributed by atoms with Gasteiger partial charge in [-0.2, -0.15) is 0 Å². The van der Waals surface area contributed by atoms with Crippen molar-refractivity contribution in [3.63, 3.8) is 0 Å². The van der Waals surface area contributed by atoms with Gasteiger partial charge in [-0.05, 0) is 54.6 Å². The fourth-order valence-electron chi connectivity index (χ4n) is 3.22. The SMILES string of the molecule is COc1ccc(C(=O)CNc2c(C(=O)c3ccc(F)cc3)oc3ccccc23)cc1F. The number of ketones is 2. The van der Waals surface area contributed by atoms with Crippen LogP contribution in [0.2, 0.25) is 0 Å². The zero-order chi connectivity index (χ0) is 22.0. The van der Waals surface area contributed by atoms with Crippen LogP contribution < -0.4 is 10.1 Å². The third kappa shape index (κ3) is 4.02. The molecule has 5 nitrogen and oxygen atoms in total. The summed E-state index contributed by atoms with van der Waals surface area (Å²) in [7, 11) is 1.34. The van der Waals surface area contributed by atoms with Gasteiger partial charge in [0.05, 0.1) is 19.3 Å². The number of furan rings is 1. The number of anilines is 1. The number of benzene rings is 3. The minimum absolute atomic E-state index is 0.00141. The van der Waals surface area contributed by atoms with Gasteiger partial charge in [-0.1, -0.05) is 12.1 Å². The van der Waals surface area contributed by atoms with Gasteiger partial charge < -0.3 is 14.5 Å². The Hall–Kier alpha value is -4.00. The highest BCUT2D eigenvalue weighted by atomic mass is 19.1. The topological polar surface area (TPSA) is 68.5 Å². The van der Waals surface area contributed by atoms with Crippen LogP contribution in [0.1, 0.15) is 26.5 Å². The van der Waals surface area contributed by atoms with Crippen molar-refractivity contribution in [2.24, 2.45) is 0 Å². The van der Waals surface area contributed by atoms with Gasteiger partial charge in [0.15, 0.2) is 23.1 Å². The van der Waals surface area contributed by atoms with E-state index in [2.05, 4.69) is 5.32 Å². The van der Waals surface area contributed by atoms with E-state index in [1.54, 1.807) is 24.3 Å². The minimum atomic E-state index is -0.644. The van der Waals surface area contributed by atoms with E-state index >= 15 is 0 Å². The number of methoxy groups -OCH3 is 1. The predicted molar refractivity (Wildman–Crippen MR) is 112 cm³/mol. The van der Waals surface area contributed by atoms with E-state index in [-0.39, 0.29) is 35.0 Å². The highest BCUT2D eigenvalue weighted by Gasteiger charge is 2.22. The molecule has 0 fully saturated rings. The zero-order valence-electron chi connectivity index (χ0n) is 16.4. The Balaban J connectivity index is 1.64. The first-order valence-electron chi connectivity index (χ1n) is 9.40. The average molecular weight is 421 g/mol. The molecule has 0 bridgehead atoms. The summed E-state index contributed by atoms with van der Waals surface area (Å²) < 4.78 is 37.8. The van der Waals surface area contributed by atoms with Crippen molar-refractivity contribution >= 4 is 28.2 Å². The van der Waals surface area contributed by atoms with Crippen LogP contribution in [0.5, 0.6) is 5.75 Å². The molecule has 3 aromatic carbocycles. The van der Waals surface area contributed by atoms with Crippen LogP contribution in [0.25, 0.3) is 11.0 Å². The van der Waals surface area contributed by atoms with E-state index < -0.39 is 17.4 Å². The molecule has 31 heavy (non-hydrogen) atoms. The lowest BCUT2D eigenvalue weighted by Gasteiger charge is -2.08. The zero-order valence-corrected chi connectivity index (χ0v) is 16.4. The van der Waals surface area contributed by atoms with Crippen molar-refractivity contribution in [3.8, 4) is 5.75 Å². The Labute approximate surface area is 176 Å². The van der Waals surface area contributed by atoms with Crippen molar-refractivity contribution in [1.82, 2.24) is 0 Å². The molecule has 0 unspecified atom stereocenters. The summed E-state index contributed by atoms with van der Waals surface area (Å²) in [6, 6.07) is 16.0. The van der Waals surface area contributed by atoms with Gasteiger partial charge in [0, 0.05) is 16.5 Å². The van der Waals surface area contributed by atoms with E-state index in [1.807, 2.05) is 0 Å². The number of hydrogen-bond donors (Lipinski definition) is 1. The molecule has 0 aliphatic rings. The molecule has 0 aliphatic heterocycles. The van der Waals surface area contributed by atoms with Gasteiger partial charge >= 0.3 is 0 Å². The maximum absolute atomic E-state index is 13.9. The van der Waals surface area contributed by atoms with E-state index in [0.717, 1.165) is 6.07 Å². The fraction of sp³-hybridized carbons (Fsp3) is 0.0833. The summed E-state index contributed by atoms with van der Waals surface area (Å²) >= 11 is 0. The predicted octanol–water partition coefficient (Wildman–Crippen LogP) is 5.25. The highest BCUT2D eigenvalue weighted by Crippen LogP contribution is 2.32. The molecule has 4 rings (SSSR count). The number of carbonyl (C=O) groups excluding carboxylic acids is 2. The lowest BCUT2D eigenvalue weighted by molar-refractivity contribution is 0.0997. The molecular weight excluding hydrogens is 404 g/mol. The number of rotatable bonds is 7. The van der Waals surface area contributed by atoms with Crippen molar-refractivity contribution in [1.29, 1.82) is 0 Å². The molecule has 1 aromatic heterocycles. The monoisotopic (exact) mass is 421 g/mol. The molecule has 0 radical (unpaired) electrons. The maximum Gasteiger partial charge on any atom is 0.230 e. The molecule has 0 saturated heterocycles. The van der Waals surface area contributed by atoms with E-state index in [9.17, 15) is 18.4 Å². The van der Waals surface area contributed by atoms with Crippen LogP contribution in [-0.2, 0) is 0 Å². The average Bonchev–Trinajstić information content (AvgIpc) is 3.16. The smallest absolute Gasteiger partial charge is 0.230 e. The molecule has 0 aliphatic carbocycles. The lowest BCUT2D eigenvalue weighted by Crippen LogP contribution is -2.16. The maximum atomic E-state index is 13.9. The molecule has 0 atom stereocenters. The lowest BCUT2D eigenvalue weighted by atomic mass is 10.1. The molecule has 156 valence electrons. The molecule has 4 aromatic rings. The van der Waals surface area contributed by atoms with Crippen molar-refractivity contribution in [2.75, 3.05) is 19.0 Å². The molecule has 1 heterocycles. The van der Waals surface area contributed by atoms with Crippen LogP contribution in [-0.4, -0.2) is 25.2 Å². The second kappa shape index (κ2) is 8.39. The first-order chi connectivity index (χ1) is 15.0. The van der Waals surface area contributed by atoms with Gasteiger partial charge in [-0.15, -0.1) is 0 Å². The Kier molecular flexibility index (Phi) is 5.49. The molecule has 0 saturated carbocycles. The molecule has 0 amide bonds. The van der Waals surface area contributed by atoms with Gasteiger partial charge in [0.2, 0.25) is 5.78 Å². The Morgan fingerprint density at radius 2 is 1.68 bits per heavy atom. The summed E-state index contributed by atoms with van der Waals surface area (Å²) in [5, 5.41) is 3.57. The van der Waals surface area contributed by atoms with Gasteiger partial charge in [-0.25, -0.2) is 8.78 Å². The van der Waals surface area contributed by atoms with Crippen LogP contribution in [0, 0.1) is 11.6 Å². The number of para-hydroxylation sites is 1. The highest BCUT2D eigenvalue weighted by molar-refractivity contribution is 6.15. The first kappa shape index (κ1) is 20.3. The Bertz CT molecular complexity index is 1280.